The number of fused-ring (bicyclic) bond motifs is 2. The van der Waals surface area contributed by atoms with Gasteiger partial charge in [0, 0.05) is 18.7 Å². The maximum atomic E-state index is 12.8. The van der Waals surface area contributed by atoms with E-state index in [1.54, 1.807) is 0 Å². The fourth-order valence-corrected chi connectivity index (χ4v) is 5.72. The number of hydrogen-bond donors (Lipinski definition) is 0. The summed E-state index contributed by atoms with van der Waals surface area (Å²) >= 11 is 0. The molecule has 2 aliphatic rings. The molecule has 3 rings (SSSR count). The second-order valence-corrected chi connectivity index (χ2v) is 10.6. The number of benzene rings is 1. The molecule has 27 heavy (non-hydrogen) atoms. The largest absolute Gasteiger partial charge is 0.501 e. The number of nitrogens with zero attached hydrogens (tertiary/aromatic N) is 2. The average molecular weight is 406 g/mol. The standard InChI is InChI=1S/C17H21F3N2O4S/c1-15(2)7-11-8-16(3,9-15)10-21(11)13-5-4-12(6-14(13)22(23)24)27(25,26)17(18,19)20/h4-6,11H,7-10H2,1-3H3/t11-,16-/m1/s1. The van der Waals surface area contributed by atoms with E-state index in [0.29, 0.717) is 12.6 Å². The fourth-order valence-electron chi connectivity index (χ4n) is 4.93. The number of sulfone groups is 1. The van der Waals surface area contributed by atoms with Crippen molar-refractivity contribution >= 4 is 21.2 Å². The first-order valence-electron chi connectivity index (χ1n) is 8.52. The van der Waals surface area contributed by atoms with Gasteiger partial charge >= 0.3 is 5.51 Å². The number of hydrogen-bond acceptors (Lipinski definition) is 5. The zero-order chi connectivity index (χ0) is 20.4. The first kappa shape index (κ1) is 19.9. The molecule has 0 aromatic heterocycles. The van der Waals surface area contributed by atoms with Crippen LogP contribution < -0.4 is 4.90 Å². The van der Waals surface area contributed by atoms with Crippen LogP contribution in [0.15, 0.2) is 23.1 Å². The van der Waals surface area contributed by atoms with Crippen LogP contribution in [-0.4, -0.2) is 31.4 Å². The molecule has 1 aliphatic heterocycles. The maximum Gasteiger partial charge on any atom is 0.501 e. The third-order valence-electron chi connectivity index (χ3n) is 5.48. The highest BCUT2D eigenvalue weighted by molar-refractivity contribution is 7.92. The van der Waals surface area contributed by atoms with Crippen molar-refractivity contribution in [2.24, 2.45) is 10.8 Å². The maximum absolute atomic E-state index is 12.8. The smallest absolute Gasteiger partial charge is 0.362 e. The molecule has 0 amide bonds. The van der Waals surface area contributed by atoms with Gasteiger partial charge in [-0.15, -0.1) is 0 Å². The molecular weight excluding hydrogens is 385 g/mol. The molecule has 1 heterocycles. The molecular formula is C17H21F3N2O4S. The number of halogens is 3. The number of nitro benzene ring substituents is 1. The minimum Gasteiger partial charge on any atom is -0.362 e. The van der Waals surface area contributed by atoms with E-state index in [9.17, 15) is 31.7 Å². The molecule has 1 aliphatic carbocycles. The second kappa shape index (κ2) is 5.83. The van der Waals surface area contributed by atoms with Crippen molar-refractivity contribution in [2.45, 2.75) is 56.5 Å². The SMILES string of the molecule is CC1(C)C[C@@H]2C[C@@](C)(CN2c2ccc(S(=O)(=O)C(F)(F)F)cc2[N+](=O)[O-])C1. The number of rotatable bonds is 3. The normalized spacial score (nSPS) is 27.6. The van der Waals surface area contributed by atoms with Crippen LogP contribution in [0.5, 0.6) is 0 Å². The summed E-state index contributed by atoms with van der Waals surface area (Å²) in [6.45, 7) is 6.92. The van der Waals surface area contributed by atoms with Crippen molar-refractivity contribution in [3.8, 4) is 0 Å². The summed E-state index contributed by atoms with van der Waals surface area (Å²) in [5.74, 6) is 0. The zero-order valence-electron chi connectivity index (χ0n) is 15.2. The van der Waals surface area contributed by atoms with E-state index in [2.05, 4.69) is 20.8 Å². The Hall–Kier alpha value is -1.84. The van der Waals surface area contributed by atoms with E-state index in [-0.39, 0.29) is 22.6 Å². The van der Waals surface area contributed by atoms with Crippen LogP contribution in [0, 0.1) is 20.9 Å². The van der Waals surface area contributed by atoms with Crippen molar-refractivity contribution in [1.82, 2.24) is 0 Å². The van der Waals surface area contributed by atoms with Crippen molar-refractivity contribution in [2.75, 3.05) is 11.4 Å². The minimum atomic E-state index is -5.64. The highest BCUT2D eigenvalue weighted by atomic mass is 32.2. The lowest BCUT2D eigenvalue weighted by molar-refractivity contribution is -0.384. The van der Waals surface area contributed by atoms with Gasteiger partial charge in [0.15, 0.2) is 0 Å². The highest BCUT2D eigenvalue weighted by Crippen LogP contribution is 2.54. The third-order valence-corrected chi connectivity index (χ3v) is 6.97. The monoisotopic (exact) mass is 406 g/mol. The van der Waals surface area contributed by atoms with Crippen LogP contribution in [0.25, 0.3) is 0 Å². The van der Waals surface area contributed by atoms with Gasteiger partial charge in [-0.3, -0.25) is 10.1 Å². The summed E-state index contributed by atoms with van der Waals surface area (Å²) in [4.78, 5) is 11.4. The van der Waals surface area contributed by atoms with E-state index in [4.69, 9.17) is 0 Å². The molecule has 0 radical (unpaired) electrons. The predicted octanol–water partition coefficient (Wildman–Crippen LogP) is 4.29. The first-order chi connectivity index (χ1) is 12.2. The Morgan fingerprint density at radius 1 is 1.22 bits per heavy atom. The molecule has 1 saturated carbocycles. The predicted molar refractivity (Wildman–Crippen MR) is 93.2 cm³/mol. The lowest BCUT2D eigenvalue weighted by atomic mass is 9.65. The first-order valence-corrected chi connectivity index (χ1v) is 10.0. The number of nitro groups is 1. The molecule has 0 spiro atoms. The molecule has 6 nitrogen and oxygen atoms in total. The van der Waals surface area contributed by atoms with Crippen LogP contribution in [0.2, 0.25) is 0 Å². The summed E-state index contributed by atoms with van der Waals surface area (Å²) in [6.07, 6.45) is 2.60. The Balaban J connectivity index is 2.07. The Labute approximate surface area is 155 Å². The van der Waals surface area contributed by atoms with Crippen molar-refractivity contribution in [3.05, 3.63) is 28.3 Å². The van der Waals surface area contributed by atoms with Gasteiger partial charge in [0.25, 0.3) is 15.5 Å². The Morgan fingerprint density at radius 2 is 1.85 bits per heavy atom. The molecule has 0 unspecified atom stereocenters. The Kier molecular flexibility index (Phi) is 4.30. The zero-order valence-corrected chi connectivity index (χ0v) is 16.0. The second-order valence-electron chi connectivity index (χ2n) is 8.70. The lowest BCUT2D eigenvalue weighted by Gasteiger charge is -2.39. The minimum absolute atomic E-state index is 0.0301. The van der Waals surface area contributed by atoms with Crippen molar-refractivity contribution in [1.29, 1.82) is 0 Å². The van der Waals surface area contributed by atoms with Crippen LogP contribution in [-0.2, 0) is 9.84 Å². The molecule has 0 N–H and O–H groups in total. The molecule has 1 aromatic rings. The summed E-state index contributed by atoms with van der Waals surface area (Å²) in [5.41, 5.74) is -5.94. The molecule has 1 aromatic carbocycles. The van der Waals surface area contributed by atoms with Crippen LogP contribution >= 0.6 is 0 Å². The average Bonchev–Trinajstić information content (AvgIpc) is 2.74. The molecule has 1 saturated heterocycles. The van der Waals surface area contributed by atoms with Crippen molar-refractivity contribution < 1.29 is 26.5 Å². The lowest BCUT2D eigenvalue weighted by Crippen LogP contribution is -2.35. The van der Waals surface area contributed by atoms with Gasteiger partial charge in [0.2, 0.25) is 0 Å². The molecule has 2 atom stereocenters. The van der Waals surface area contributed by atoms with E-state index in [1.807, 2.05) is 4.90 Å². The van der Waals surface area contributed by atoms with Gasteiger partial charge in [-0.2, -0.15) is 13.2 Å². The quantitative estimate of drug-likeness (QED) is 0.552. The molecule has 10 heteroatoms. The highest BCUT2D eigenvalue weighted by Gasteiger charge is 2.51. The topological polar surface area (TPSA) is 80.5 Å². The third kappa shape index (κ3) is 3.39. The fraction of sp³-hybridized carbons (Fsp3) is 0.647. The van der Waals surface area contributed by atoms with Gasteiger partial charge in [-0.05, 0) is 42.2 Å². The summed E-state index contributed by atoms with van der Waals surface area (Å²) in [7, 11) is -5.64. The van der Waals surface area contributed by atoms with Gasteiger partial charge in [0.1, 0.15) is 5.69 Å². The Morgan fingerprint density at radius 3 is 2.41 bits per heavy atom. The summed E-state index contributed by atoms with van der Waals surface area (Å²) in [6, 6.07) is 2.49. The van der Waals surface area contributed by atoms with Crippen molar-refractivity contribution in [3.63, 3.8) is 0 Å². The summed E-state index contributed by atoms with van der Waals surface area (Å²) in [5, 5.41) is 11.5. The molecule has 2 fully saturated rings. The van der Waals surface area contributed by atoms with Crippen LogP contribution in [0.3, 0.4) is 0 Å². The number of alkyl halides is 3. The van der Waals surface area contributed by atoms with E-state index in [1.165, 1.54) is 0 Å². The van der Waals surface area contributed by atoms with Gasteiger partial charge in [-0.1, -0.05) is 20.8 Å². The van der Waals surface area contributed by atoms with Crippen LogP contribution in [0.1, 0.15) is 40.0 Å². The van der Waals surface area contributed by atoms with E-state index < -0.39 is 30.9 Å². The molecule has 2 bridgehead atoms. The summed E-state index contributed by atoms with van der Waals surface area (Å²) < 4.78 is 61.6. The number of anilines is 1. The van der Waals surface area contributed by atoms with E-state index >= 15 is 0 Å². The van der Waals surface area contributed by atoms with Crippen LogP contribution in [0.4, 0.5) is 24.5 Å². The van der Waals surface area contributed by atoms with Gasteiger partial charge in [0.05, 0.1) is 9.82 Å². The molecule has 150 valence electrons. The van der Waals surface area contributed by atoms with Gasteiger partial charge < -0.3 is 4.90 Å². The Bertz CT molecular complexity index is 898. The van der Waals surface area contributed by atoms with Gasteiger partial charge in [-0.25, -0.2) is 8.42 Å². The van der Waals surface area contributed by atoms with E-state index in [0.717, 1.165) is 31.4 Å².